The Bertz CT molecular complexity index is 735. The molecule has 0 heterocycles. The zero-order chi connectivity index (χ0) is 16.3. The zero-order valence-electron chi connectivity index (χ0n) is 11.6. The Kier molecular flexibility index (Phi) is 4.62. The van der Waals surface area contributed by atoms with Crippen molar-refractivity contribution in [1.29, 1.82) is 0 Å². The van der Waals surface area contributed by atoms with Gasteiger partial charge >= 0.3 is 0 Å². The van der Waals surface area contributed by atoms with Crippen molar-refractivity contribution in [1.82, 2.24) is 0 Å². The molecular formula is C16H14O5S. The van der Waals surface area contributed by atoms with E-state index in [4.69, 9.17) is 0 Å². The number of carbonyl (C=O) groups is 1. The predicted octanol–water partition coefficient (Wildman–Crippen LogP) is 3.13. The third kappa shape index (κ3) is 3.17. The third-order valence-corrected chi connectivity index (χ3v) is 3.79. The van der Waals surface area contributed by atoms with Crippen LogP contribution in [0.2, 0.25) is 0 Å². The fourth-order valence-electron chi connectivity index (χ4n) is 1.82. The fraction of sp³-hybridized carbons (Fsp3) is 0.0625. The number of phenols is 4. The van der Waals surface area contributed by atoms with E-state index in [0.717, 1.165) is 11.0 Å². The Morgan fingerprint density at radius 1 is 1.00 bits per heavy atom. The topological polar surface area (TPSA) is 98.0 Å². The summed E-state index contributed by atoms with van der Waals surface area (Å²) in [6, 6.07) is 7.85. The van der Waals surface area contributed by atoms with Gasteiger partial charge in [-0.2, -0.15) is 0 Å². The van der Waals surface area contributed by atoms with E-state index in [2.05, 4.69) is 0 Å². The third-order valence-electron chi connectivity index (χ3n) is 3.05. The Morgan fingerprint density at radius 3 is 2.23 bits per heavy atom. The molecule has 0 aromatic heterocycles. The van der Waals surface area contributed by atoms with Crippen molar-refractivity contribution in [2.75, 3.05) is 6.26 Å². The smallest absolute Gasteiger partial charge is 0.201 e. The largest absolute Gasteiger partial charge is 0.507 e. The average molecular weight is 318 g/mol. The van der Waals surface area contributed by atoms with Crippen molar-refractivity contribution >= 4 is 23.6 Å². The maximum Gasteiger partial charge on any atom is 0.201 e. The molecule has 0 amide bonds. The van der Waals surface area contributed by atoms with Gasteiger partial charge in [-0.1, -0.05) is 0 Å². The van der Waals surface area contributed by atoms with Crippen LogP contribution < -0.4 is 0 Å². The van der Waals surface area contributed by atoms with Gasteiger partial charge in [-0.15, -0.1) is 11.8 Å². The van der Waals surface area contributed by atoms with Crippen molar-refractivity contribution in [3.8, 4) is 23.0 Å². The summed E-state index contributed by atoms with van der Waals surface area (Å²) in [6.45, 7) is 0. The van der Waals surface area contributed by atoms with Crippen molar-refractivity contribution < 1.29 is 25.2 Å². The van der Waals surface area contributed by atoms with E-state index in [0.29, 0.717) is 5.56 Å². The summed E-state index contributed by atoms with van der Waals surface area (Å²) in [4.78, 5) is 13.1. The molecule has 0 atom stereocenters. The van der Waals surface area contributed by atoms with Gasteiger partial charge in [0.15, 0.2) is 17.3 Å². The molecule has 22 heavy (non-hydrogen) atoms. The minimum atomic E-state index is -0.755. The maximum absolute atomic E-state index is 12.0. The van der Waals surface area contributed by atoms with Gasteiger partial charge in [-0.05, 0) is 42.7 Å². The lowest BCUT2D eigenvalue weighted by Crippen LogP contribution is -1.93. The molecule has 0 radical (unpaired) electrons. The predicted molar refractivity (Wildman–Crippen MR) is 84.7 cm³/mol. The summed E-state index contributed by atoms with van der Waals surface area (Å²) >= 11 is 1.56. The lowest BCUT2D eigenvalue weighted by Gasteiger charge is -2.06. The van der Waals surface area contributed by atoms with Crippen LogP contribution in [0.15, 0.2) is 41.3 Å². The van der Waals surface area contributed by atoms with E-state index in [-0.39, 0.29) is 11.3 Å². The van der Waals surface area contributed by atoms with Crippen LogP contribution in [-0.4, -0.2) is 32.5 Å². The summed E-state index contributed by atoms with van der Waals surface area (Å²) in [5.74, 6) is -2.87. The second-order valence-electron chi connectivity index (χ2n) is 4.45. The molecular weight excluding hydrogens is 304 g/mol. The van der Waals surface area contributed by atoms with E-state index >= 15 is 0 Å². The number of ketones is 1. The zero-order valence-corrected chi connectivity index (χ0v) is 12.5. The first kappa shape index (κ1) is 15.8. The normalized spacial score (nSPS) is 11.0. The highest BCUT2D eigenvalue weighted by atomic mass is 32.2. The number of hydrogen-bond acceptors (Lipinski definition) is 6. The van der Waals surface area contributed by atoms with Crippen LogP contribution in [0.4, 0.5) is 0 Å². The van der Waals surface area contributed by atoms with Crippen LogP contribution in [0.1, 0.15) is 15.9 Å². The molecule has 2 aromatic rings. The molecule has 114 valence electrons. The molecule has 0 fully saturated rings. The lowest BCUT2D eigenvalue weighted by molar-refractivity contribution is 0.104. The fourth-order valence-corrected chi connectivity index (χ4v) is 2.23. The number of allylic oxidation sites excluding steroid dienone is 1. The summed E-state index contributed by atoms with van der Waals surface area (Å²) in [5, 5.41) is 38.0. The number of thioether (sulfide) groups is 1. The van der Waals surface area contributed by atoms with Gasteiger partial charge in [0.1, 0.15) is 5.75 Å². The van der Waals surface area contributed by atoms with Gasteiger partial charge in [0, 0.05) is 16.5 Å². The Balaban J connectivity index is 2.28. The minimum absolute atomic E-state index is 0.149. The highest BCUT2D eigenvalue weighted by Gasteiger charge is 2.15. The monoisotopic (exact) mass is 318 g/mol. The standard InChI is InChI=1S/C16H14O5S/c1-22-10-4-2-9(3-5-10)12(17)7-6-11-13(18)8-14(19)16(21)15(11)20/h2-8,18-21H,1H3. The number of aromatic hydroxyl groups is 4. The van der Waals surface area contributed by atoms with Gasteiger partial charge in [0.05, 0.1) is 5.56 Å². The minimum Gasteiger partial charge on any atom is -0.507 e. The van der Waals surface area contributed by atoms with Gasteiger partial charge < -0.3 is 20.4 Å². The number of hydrogen-bond donors (Lipinski definition) is 4. The molecule has 0 unspecified atom stereocenters. The summed E-state index contributed by atoms with van der Waals surface area (Å²) in [7, 11) is 0. The second kappa shape index (κ2) is 6.44. The first-order chi connectivity index (χ1) is 10.4. The quantitative estimate of drug-likeness (QED) is 0.227. The first-order valence-electron chi connectivity index (χ1n) is 6.27. The molecule has 6 heteroatoms. The van der Waals surface area contributed by atoms with Crippen LogP contribution >= 0.6 is 11.8 Å². The number of rotatable bonds is 4. The molecule has 0 spiro atoms. The molecule has 0 aliphatic carbocycles. The van der Waals surface area contributed by atoms with Gasteiger partial charge in [0.2, 0.25) is 5.75 Å². The van der Waals surface area contributed by atoms with Crippen LogP contribution in [0.25, 0.3) is 6.08 Å². The summed E-state index contributed by atoms with van der Waals surface area (Å²) in [6.07, 6.45) is 4.27. The van der Waals surface area contributed by atoms with Crippen LogP contribution in [0.5, 0.6) is 23.0 Å². The van der Waals surface area contributed by atoms with Crippen molar-refractivity contribution in [3.63, 3.8) is 0 Å². The van der Waals surface area contributed by atoms with Crippen LogP contribution in [0.3, 0.4) is 0 Å². The number of benzene rings is 2. The molecule has 0 saturated carbocycles. The molecule has 0 bridgehead atoms. The highest BCUT2D eigenvalue weighted by Crippen LogP contribution is 2.43. The Morgan fingerprint density at radius 2 is 1.64 bits per heavy atom. The maximum atomic E-state index is 12.0. The molecule has 0 aliphatic heterocycles. The molecule has 2 rings (SSSR count). The molecule has 0 aliphatic rings. The first-order valence-corrected chi connectivity index (χ1v) is 7.50. The summed E-state index contributed by atoms with van der Waals surface area (Å²) < 4.78 is 0. The van der Waals surface area contributed by atoms with E-state index in [1.807, 2.05) is 18.4 Å². The van der Waals surface area contributed by atoms with Gasteiger partial charge in [-0.25, -0.2) is 0 Å². The highest BCUT2D eigenvalue weighted by molar-refractivity contribution is 7.98. The van der Waals surface area contributed by atoms with Gasteiger partial charge in [-0.3, -0.25) is 4.79 Å². The number of carbonyl (C=O) groups excluding carboxylic acids is 1. The van der Waals surface area contributed by atoms with Crippen LogP contribution in [-0.2, 0) is 0 Å². The molecule has 4 N–H and O–H groups in total. The van der Waals surface area contributed by atoms with Crippen molar-refractivity contribution in [2.24, 2.45) is 0 Å². The van der Waals surface area contributed by atoms with E-state index in [1.165, 1.54) is 12.2 Å². The molecule has 0 saturated heterocycles. The Hall–Kier alpha value is -2.60. The van der Waals surface area contributed by atoms with E-state index in [9.17, 15) is 25.2 Å². The SMILES string of the molecule is CSc1ccc(C(=O)C=Cc2c(O)cc(O)c(O)c2O)cc1. The van der Waals surface area contributed by atoms with E-state index in [1.54, 1.807) is 23.9 Å². The average Bonchev–Trinajstić information content (AvgIpc) is 2.52. The van der Waals surface area contributed by atoms with Gasteiger partial charge in [0.25, 0.3) is 0 Å². The lowest BCUT2D eigenvalue weighted by atomic mass is 10.1. The molecule has 5 nitrogen and oxygen atoms in total. The van der Waals surface area contributed by atoms with Crippen molar-refractivity contribution in [2.45, 2.75) is 4.90 Å². The van der Waals surface area contributed by atoms with Crippen molar-refractivity contribution in [3.05, 3.63) is 47.5 Å². The summed E-state index contributed by atoms with van der Waals surface area (Å²) in [5.41, 5.74) is 0.306. The Labute approximate surface area is 131 Å². The second-order valence-corrected chi connectivity index (χ2v) is 5.33. The molecule has 2 aromatic carbocycles. The number of phenolic OH excluding ortho intramolecular Hbond substituents is 4. The van der Waals surface area contributed by atoms with Crippen LogP contribution in [0, 0.1) is 0 Å². The van der Waals surface area contributed by atoms with E-state index < -0.39 is 23.0 Å².